The molecule has 120 valence electrons. The highest BCUT2D eigenvalue weighted by atomic mass is 16.6. The fraction of sp³-hybridized carbons (Fsp3) is 0.111. The number of aliphatic imine (C=N–C) groups is 1. The van der Waals surface area contributed by atoms with E-state index in [2.05, 4.69) is 4.99 Å². The number of Topliss-reactive ketones (excluding diaryl/α,β-unsaturated/α-hetero) is 1. The molecule has 2 aromatic carbocycles. The van der Waals surface area contributed by atoms with Crippen molar-refractivity contribution < 1.29 is 14.8 Å². The van der Waals surface area contributed by atoms with Crippen molar-refractivity contribution in [3.63, 3.8) is 0 Å². The number of aryl methyl sites for hydroxylation is 1. The van der Waals surface area contributed by atoms with Crippen LogP contribution in [0.15, 0.2) is 53.0 Å². The molecule has 0 radical (unpaired) electrons. The molecule has 0 saturated carbocycles. The number of nitro benzene ring substituents is 1. The number of carbonyl (C=O) groups excluding carboxylic acids is 1. The number of ketones is 1. The number of hydrogen-bond donors (Lipinski definition) is 1. The molecule has 1 N–H and O–H groups in total. The SMILES string of the molecule is CC(=Nc1cc([N+](=O)[O-])ccc1C)C1=C(O)c2ccccc2C1=O. The standard InChI is InChI=1S/C18H14N2O4/c1-10-7-8-12(20(23)24)9-15(10)19-11(2)16-17(21)13-5-3-4-6-14(13)18(16)22/h3-9,21H,1-2H3. The van der Waals surface area contributed by atoms with Crippen LogP contribution in [0.3, 0.4) is 0 Å². The maximum absolute atomic E-state index is 12.5. The molecule has 2 aromatic rings. The third-order valence-corrected chi connectivity index (χ3v) is 3.94. The maximum Gasteiger partial charge on any atom is 0.271 e. The first-order valence-electron chi connectivity index (χ1n) is 7.28. The van der Waals surface area contributed by atoms with Gasteiger partial charge in [-0.05, 0) is 19.4 Å². The van der Waals surface area contributed by atoms with Crippen molar-refractivity contribution in [2.45, 2.75) is 13.8 Å². The Morgan fingerprint density at radius 3 is 2.46 bits per heavy atom. The summed E-state index contributed by atoms with van der Waals surface area (Å²) in [6, 6.07) is 11.1. The monoisotopic (exact) mass is 322 g/mol. The van der Waals surface area contributed by atoms with Crippen LogP contribution in [0.4, 0.5) is 11.4 Å². The zero-order chi connectivity index (χ0) is 17.4. The van der Waals surface area contributed by atoms with E-state index in [0.717, 1.165) is 5.56 Å². The Morgan fingerprint density at radius 1 is 1.17 bits per heavy atom. The molecule has 1 aliphatic carbocycles. The van der Waals surface area contributed by atoms with E-state index in [9.17, 15) is 20.0 Å². The number of nitrogens with zero attached hydrogens (tertiary/aromatic N) is 2. The van der Waals surface area contributed by atoms with Gasteiger partial charge in [0.05, 0.1) is 21.9 Å². The minimum Gasteiger partial charge on any atom is -0.506 e. The molecule has 0 atom stereocenters. The zero-order valence-corrected chi connectivity index (χ0v) is 13.1. The van der Waals surface area contributed by atoms with Crippen LogP contribution < -0.4 is 0 Å². The summed E-state index contributed by atoms with van der Waals surface area (Å²) in [6.45, 7) is 3.38. The van der Waals surface area contributed by atoms with Crippen molar-refractivity contribution in [2.24, 2.45) is 4.99 Å². The smallest absolute Gasteiger partial charge is 0.271 e. The third-order valence-electron chi connectivity index (χ3n) is 3.94. The molecular formula is C18H14N2O4. The molecule has 0 aromatic heterocycles. The maximum atomic E-state index is 12.5. The lowest BCUT2D eigenvalue weighted by atomic mass is 10.1. The van der Waals surface area contributed by atoms with Crippen LogP contribution in [0, 0.1) is 17.0 Å². The number of nitro groups is 1. The first-order chi connectivity index (χ1) is 11.4. The molecule has 6 heteroatoms. The molecule has 6 nitrogen and oxygen atoms in total. The van der Waals surface area contributed by atoms with E-state index in [1.807, 2.05) is 0 Å². The summed E-state index contributed by atoms with van der Waals surface area (Å²) in [6.07, 6.45) is 0. The summed E-state index contributed by atoms with van der Waals surface area (Å²) >= 11 is 0. The van der Waals surface area contributed by atoms with Gasteiger partial charge in [0.2, 0.25) is 0 Å². The van der Waals surface area contributed by atoms with E-state index in [1.165, 1.54) is 12.1 Å². The topological polar surface area (TPSA) is 92.8 Å². The molecule has 1 aliphatic rings. The van der Waals surface area contributed by atoms with Gasteiger partial charge in [0.25, 0.3) is 5.69 Å². The fourth-order valence-corrected chi connectivity index (χ4v) is 2.67. The lowest BCUT2D eigenvalue weighted by Gasteiger charge is -2.04. The molecular weight excluding hydrogens is 308 g/mol. The molecule has 0 spiro atoms. The number of rotatable bonds is 3. The molecule has 0 aliphatic heterocycles. The van der Waals surface area contributed by atoms with Gasteiger partial charge in [-0.1, -0.05) is 30.3 Å². The molecule has 0 unspecified atom stereocenters. The Labute approximate surface area is 137 Å². The van der Waals surface area contributed by atoms with Crippen molar-refractivity contribution in [1.29, 1.82) is 0 Å². The van der Waals surface area contributed by atoms with Gasteiger partial charge in [-0.3, -0.25) is 19.9 Å². The largest absolute Gasteiger partial charge is 0.506 e. The van der Waals surface area contributed by atoms with Crippen molar-refractivity contribution in [1.82, 2.24) is 0 Å². The van der Waals surface area contributed by atoms with E-state index in [0.29, 0.717) is 22.5 Å². The number of aliphatic hydroxyl groups excluding tert-OH is 1. The minimum absolute atomic E-state index is 0.0774. The van der Waals surface area contributed by atoms with Gasteiger partial charge in [0.15, 0.2) is 5.78 Å². The van der Waals surface area contributed by atoms with Crippen LogP contribution in [-0.4, -0.2) is 21.5 Å². The molecule has 0 amide bonds. The number of allylic oxidation sites excluding steroid dienone is 1. The highest BCUT2D eigenvalue weighted by Crippen LogP contribution is 2.33. The number of carbonyl (C=O) groups is 1. The second-order valence-electron chi connectivity index (χ2n) is 5.52. The Morgan fingerprint density at radius 2 is 1.83 bits per heavy atom. The first kappa shape index (κ1) is 15.6. The predicted molar refractivity (Wildman–Crippen MR) is 90.9 cm³/mol. The second kappa shape index (κ2) is 5.73. The van der Waals surface area contributed by atoms with Gasteiger partial charge in [0, 0.05) is 23.3 Å². The van der Waals surface area contributed by atoms with Crippen molar-refractivity contribution in [2.75, 3.05) is 0 Å². The van der Waals surface area contributed by atoms with Crippen molar-refractivity contribution in [3.8, 4) is 0 Å². The van der Waals surface area contributed by atoms with Crippen LogP contribution in [0.25, 0.3) is 5.76 Å². The average Bonchev–Trinajstić information content (AvgIpc) is 2.81. The Balaban J connectivity index is 2.08. The molecule has 3 rings (SSSR count). The van der Waals surface area contributed by atoms with E-state index in [1.54, 1.807) is 44.2 Å². The van der Waals surface area contributed by atoms with Crippen LogP contribution >= 0.6 is 0 Å². The van der Waals surface area contributed by atoms with Gasteiger partial charge in [-0.15, -0.1) is 0 Å². The highest BCUT2D eigenvalue weighted by molar-refractivity contribution is 6.35. The first-order valence-corrected chi connectivity index (χ1v) is 7.28. The third kappa shape index (κ3) is 2.48. The van der Waals surface area contributed by atoms with Crippen LogP contribution in [0.1, 0.15) is 28.4 Å². The van der Waals surface area contributed by atoms with Crippen molar-refractivity contribution >= 4 is 28.6 Å². The summed E-state index contributed by atoms with van der Waals surface area (Å²) in [4.78, 5) is 27.2. The lowest BCUT2D eigenvalue weighted by molar-refractivity contribution is -0.384. The lowest BCUT2D eigenvalue weighted by Crippen LogP contribution is -2.07. The van der Waals surface area contributed by atoms with Gasteiger partial charge in [-0.25, -0.2) is 0 Å². The number of aliphatic hydroxyl groups is 1. The summed E-state index contributed by atoms with van der Waals surface area (Å²) in [5.41, 5.74) is 2.40. The highest BCUT2D eigenvalue weighted by Gasteiger charge is 2.31. The number of hydrogen-bond acceptors (Lipinski definition) is 5. The molecule has 0 saturated heterocycles. The number of non-ortho nitro benzene ring substituents is 1. The normalized spacial score (nSPS) is 14.1. The molecule has 24 heavy (non-hydrogen) atoms. The van der Waals surface area contributed by atoms with Crippen LogP contribution in [0.5, 0.6) is 0 Å². The van der Waals surface area contributed by atoms with Crippen molar-refractivity contribution in [3.05, 3.63) is 74.8 Å². The average molecular weight is 322 g/mol. The van der Waals surface area contributed by atoms with Crippen LogP contribution in [0.2, 0.25) is 0 Å². The predicted octanol–water partition coefficient (Wildman–Crippen LogP) is 4.16. The number of fused-ring (bicyclic) bond motifs is 1. The van der Waals surface area contributed by atoms with E-state index in [-0.39, 0.29) is 22.8 Å². The Hall–Kier alpha value is -3.28. The van der Waals surface area contributed by atoms with E-state index in [4.69, 9.17) is 0 Å². The zero-order valence-electron chi connectivity index (χ0n) is 13.1. The minimum atomic E-state index is -0.499. The summed E-state index contributed by atoms with van der Waals surface area (Å²) in [5, 5.41) is 21.3. The summed E-state index contributed by atoms with van der Waals surface area (Å²) < 4.78 is 0. The quantitative estimate of drug-likeness (QED) is 0.521. The van der Waals surface area contributed by atoms with E-state index >= 15 is 0 Å². The molecule has 0 fully saturated rings. The molecule has 0 bridgehead atoms. The molecule has 0 heterocycles. The van der Waals surface area contributed by atoms with Gasteiger partial charge in [-0.2, -0.15) is 0 Å². The summed E-state index contributed by atoms with van der Waals surface area (Å²) in [5.74, 6) is -0.410. The van der Waals surface area contributed by atoms with Gasteiger partial charge < -0.3 is 5.11 Å². The Bertz CT molecular complexity index is 942. The van der Waals surface area contributed by atoms with E-state index < -0.39 is 4.92 Å². The van der Waals surface area contributed by atoms with Gasteiger partial charge in [0.1, 0.15) is 5.76 Å². The van der Waals surface area contributed by atoms with Crippen LogP contribution in [-0.2, 0) is 0 Å². The second-order valence-corrected chi connectivity index (χ2v) is 5.52. The van der Waals surface area contributed by atoms with Gasteiger partial charge >= 0.3 is 0 Å². The fourth-order valence-electron chi connectivity index (χ4n) is 2.67. The number of benzene rings is 2. The Kier molecular flexibility index (Phi) is 3.73. The summed E-state index contributed by atoms with van der Waals surface area (Å²) in [7, 11) is 0.